The third-order valence-electron chi connectivity index (χ3n) is 6.68. The number of nitrogens with one attached hydrogen (secondary N) is 1. The Morgan fingerprint density at radius 3 is 2.47 bits per heavy atom. The van der Waals surface area contributed by atoms with Gasteiger partial charge in [-0.15, -0.1) is 0 Å². The summed E-state index contributed by atoms with van der Waals surface area (Å²) in [5, 5.41) is 21.1. The van der Waals surface area contributed by atoms with Crippen molar-refractivity contribution in [2.45, 2.75) is 38.3 Å². The fraction of sp³-hybridized carbons (Fsp3) is 0.393. The minimum absolute atomic E-state index is 0.0258. The molecule has 0 bridgehead atoms. The second kappa shape index (κ2) is 12.6. The number of benzene rings is 1. The van der Waals surface area contributed by atoms with Crippen LogP contribution in [-0.4, -0.2) is 72.6 Å². The predicted octanol–water partition coefficient (Wildman–Crippen LogP) is 0.212. The van der Waals surface area contributed by atoms with Gasteiger partial charge in [-0.05, 0) is 48.1 Å². The van der Waals surface area contributed by atoms with Crippen LogP contribution in [0.5, 0.6) is 0 Å². The van der Waals surface area contributed by atoms with Crippen LogP contribution in [0.2, 0.25) is 0 Å². The highest BCUT2D eigenvalue weighted by Gasteiger charge is 2.46. The highest BCUT2D eigenvalue weighted by molar-refractivity contribution is 6.67. The number of allylic oxidation sites excluding steroid dienone is 1. The molecule has 0 saturated carbocycles. The fourth-order valence-electron chi connectivity index (χ4n) is 4.76. The third-order valence-corrected chi connectivity index (χ3v) is 6.68. The Kier molecular flexibility index (Phi) is 8.98. The van der Waals surface area contributed by atoms with Crippen molar-refractivity contribution in [1.29, 1.82) is 0 Å². The molecule has 0 spiro atoms. The quantitative estimate of drug-likeness (QED) is 0.125. The number of cyclic esters (lactones) is 1. The lowest BCUT2D eigenvalue weighted by Gasteiger charge is -2.23. The second-order valence-corrected chi connectivity index (χ2v) is 9.29. The Labute approximate surface area is 220 Å². The van der Waals surface area contributed by atoms with Crippen LogP contribution in [0, 0.1) is 0 Å². The summed E-state index contributed by atoms with van der Waals surface area (Å²) in [4.78, 5) is 48.0. The molecule has 2 heterocycles. The number of fused-ring (bicyclic) bond motifs is 1. The lowest BCUT2D eigenvalue weighted by Crippen LogP contribution is -2.41. The number of pyridine rings is 1. The van der Waals surface area contributed by atoms with E-state index in [4.69, 9.17) is 0 Å². The molecule has 2 aliphatic rings. The Bertz CT molecular complexity index is 1230. The van der Waals surface area contributed by atoms with E-state index in [-0.39, 0.29) is 19.8 Å². The van der Waals surface area contributed by atoms with Crippen molar-refractivity contribution < 1.29 is 38.7 Å². The zero-order valence-corrected chi connectivity index (χ0v) is 21.1. The van der Waals surface area contributed by atoms with Crippen LogP contribution in [0.4, 0.5) is 5.69 Å². The summed E-state index contributed by atoms with van der Waals surface area (Å²) >= 11 is 0. The van der Waals surface area contributed by atoms with Gasteiger partial charge in [-0.1, -0.05) is 18.2 Å². The van der Waals surface area contributed by atoms with Crippen LogP contribution in [0.25, 0.3) is 11.6 Å². The molecule has 38 heavy (non-hydrogen) atoms. The number of aliphatic hydroxyl groups is 2. The topological polar surface area (TPSA) is 137 Å². The van der Waals surface area contributed by atoms with Gasteiger partial charge in [0, 0.05) is 43.4 Å². The molecule has 2 aromatic rings. The van der Waals surface area contributed by atoms with Gasteiger partial charge in [0.15, 0.2) is 12.4 Å². The van der Waals surface area contributed by atoms with Gasteiger partial charge in [0.25, 0.3) is 11.7 Å². The first-order valence-corrected chi connectivity index (χ1v) is 12.8. The number of rotatable bonds is 11. The van der Waals surface area contributed by atoms with Gasteiger partial charge in [-0.3, -0.25) is 14.4 Å². The molecule has 200 valence electrons. The van der Waals surface area contributed by atoms with Crippen LogP contribution in [0.3, 0.4) is 0 Å². The highest BCUT2D eigenvalue weighted by Crippen LogP contribution is 2.31. The Morgan fingerprint density at radius 1 is 1.08 bits per heavy atom. The molecule has 10 nitrogen and oxygen atoms in total. The lowest BCUT2D eigenvalue weighted by molar-refractivity contribution is -0.697. The van der Waals surface area contributed by atoms with E-state index in [0.29, 0.717) is 26.1 Å². The van der Waals surface area contributed by atoms with E-state index in [1.807, 2.05) is 35.4 Å². The van der Waals surface area contributed by atoms with E-state index in [9.17, 15) is 29.4 Å². The molecule has 1 atom stereocenters. The van der Waals surface area contributed by atoms with Gasteiger partial charge in [0.05, 0.1) is 13.2 Å². The second-order valence-electron chi connectivity index (χ2n) is 9.29. The number of aromatic nitrogens is 1. The van der Waals surface area contributed by atoms with Crippen molar-refractivity contribution >= 4 is 40.8 Å². The summed E-state index contributed by atoms with van der Waals surface area (Å²) in [6.07, 6.45) is 8.25. The number of aryl methyl sites for hydroxylation is 2. The number of carbonyl (C=O) groups excluding carboxylic acids is 4. The average Bonchev–Trinajstić information content (AvgIpc) is 3.18. The Hall–Kier alpha value is -3.89. The van der Waals surface area contributed by atoms with Crippen molar-refractivity contribution in [2.24, 2.45) is 0 Å². The maximum Gasteiger partial charge on any atom is 0.384 e. The highest BCUT2D eigenvalue weighted by atomic mass is 16.6. The number of hydrogen-bond acceptors (Lipinski definition) is 8. The number of amides is 1. The number of hydrogen-bond donors (Lipinski definition) is 3. The fourth-order valence-corrected chi connectivity index (χ4v) is 4.76. The van der Waals surface area contributed by atoms with Crippen molar-refractivity contribution in [3.8, 4) is 0 Å². The summed E-state index contributed by atoms with van der Waals surface area (Å²) < 4.78 is 6.59. The molecule has 1 aliphatic heterocycles. The first-order chi connectivity index (χ1) is 18.4. The molecule has 1 saturated heterocycles. The lowest BCUT2D eigenvalue weighted by atomic mass is 9.87. The summed E-state index contributed by atoms with van der Waals surface area (Å²) in [7, 11) is 0. The van der Waals surface area contributed by atoms with Crippen LogP contribution >= 0.6 is 0 Å². The molecular formula is C28H32N3O7+. The Balaban J connectivity index is 1.34. The molecule has 3 N–H and O–H groups in total. The number of Topliss-reactive ketones (excluding diaryl/α,β-unsaturated/α-hetero) is 2. The number of carbonyl (C=O) groups is 4. The first kappa shape index (κ1) is 27.2. The van der Waals surface area contributed by atoms with E-state index in [0.717, 1.165) is 30.5 Å². The maximum absolute atomic E-state index is 12.0. The molecular weight excluding hydrogens is 490 g/mol. The molecule has 1 aliphatic carbocycles. The minimum Gasteiger partial charge on any atom is -0.437 e. The van der Waals surface area contributed by atoms with Crippen LogP contribution < -0.4 is 14.8 Å². The zero-order valence-electron chi connectivity index (χ0n) is 21.1. The van der Waals surface area contributed by atoms with Crippen LogP contribution in [0.1, 0.15) is 36.0 Å². The maximum atomic E-state index is 12.0. The van der Waals surface area contributed by atoms with E-state index in [1.165, 1.54) is 16.7 Å². The Morgan fingerprint density at radius 2 is 1.82 bits per heavy atom. The van der Waals surface area contributed by atoms with Gasteiger partial charge in [-0.25, -0.2) is 9.36 Å². The summed E-state index contributed by atoms with van der Waals surface area (Å²) in [6.45, 7) is 1.90. The molecule has 10 heteroatoms. The molecule has 1 amide bonds. The van der Waals surface area contributed by atoms with Crippen LogP contribution in [-0.2, 0) is 36.9 Å². The van der Waals surface area contributed by atoms with Gasteiger partial charge < -0.3 is 25.2 Å². The average molecular weight is 523 g/mol. The van der Waals surface area contributed by atoms with Crippen molar-refractivity contribution in [3.63, 3.8) is 0 Å². The van der Waals surface area contributed by atoms with E-state index >= 15 is 0 Å². The van der Waals surface area contributed by atoms with Gasteiger partial charge >= 0.3 is 11.8 Å². The predicted molar refractivity (Wildman–Crippen MR) is 138 cm³/mol. The van der Waals surface area contributed by atoms with Crippen molar-refractivity contribution in [2.75, 3.05) is 37.7 Å². The monoisotopic (exact) mass is 522 g/mol. The molecule has 1 aromatic carbocycles. The number of nitrogens with zero attached hydrogens (tertiary/aromatic N) is 2. The van der Waals surface area contributed by atoms with Gasteiger partial charge in [0.2, 0.25) is 6.10 Å². The number of esters is 1. The van der Waals surface area contributed by atoms with E-state index in [2.05, 4.69) is 33.0 Å². The van der Waals surface area contributed by atoms with Gasteiger partial charge in [-0.2, -0.15) is 0 Å². The van der Waals surface area contributed by atoms with Crippen molar-refractivity contribution in [1.82, 2.24) is 5.32 Å². The first-order valence-electron chi connectivity index (χ1n) is 12.8. The normalized spacial score (nSPS) is 17.9. The number of aliphatic hydroxyl groups excluding tert-OH is 2. The van der Waals surface area contributed by atoms with Crippen LogP contribution in [0.15, 0.2) is 42.7 Å². The standard InChI is InChI=1S/C28H31N3O7/c32-15-13-31(14-16-33)22-7-5-19(6-8-22)17-20-3-1-4-21-18-30(12-9-23(20)21)11-2-10-29-27(36)26-24(34)25(35)28(37)38-26/h5-9,12,17-18,26,32-33H,1-4,10-11,13-16H2/p+1. The van der Waals surface area contributed by atoms with E-state index in [1.54, 1.807) is 0 Å². The SMILES string of the molecule is O=C1OC(C(=O)NCCC[n+]2ccc3c(c2)CCC/C3=C\c2ccc(N(CCO)CCO)cc2)C(=O)C1=O. The number of ether oxygens (including phenoxy) is 1. The van der Waals surface area contributed by atoms with E-state index < -0.39 is 29.5 Å². The van der Waals surface area contributed by atoms with Crippen molar-refractivity contribution in [3.05, 3.63) is 59.4 Å². The third kappa shape index (κ3) is 6.32. The summed E-state index contributed by atoms with van der Waals surface area (Å²) in [5.41, 5.74) is 5.79. The summed E-state index contributed by atoms with van der Waals surface area (Å²) in [6, 6.07) is 10.2. The molecule has 1 aromatic heterocycles. The summed E-state index contributed by atoms with van der Waals surface area (Å²) in [5.74, 6) is -4.47. The molecule has 1 unspecified atom stereocenters. The van der Waals surface area contributed by atoms with Gasteiger partial charge in [0.1, 0.15) is 6.54 Å². The molecule has 0 radical (unpaired) electrons. The number of anilines is 1. The molecule has 4 rings (SSSR count). The zero-order chi connectivity index (χ0) is 27.1. The number of ketones is 2. The largest absolute Gasteiger partial charge is 0.437 e. The smallest absolute Gasteiger partial charge is 0.384 e. The minimum atomic E-state index is -1.67. The molecule has 1 fully saturated rings.